The largest absolute Gasteiger partial charge is 0.326 e. The van der Waals surface area contributed by atoms with Crippen LogP contribution in [0.4, 0.5) is 11.4 Å². The van der Waals surface area contributed by atoms with Gasteiger partial charge in [0, 0.05) is 18.3 Å². The number of nitrogens with zero attached hydrogens (tertiary/aromatic N) is 1. The first-order valence-electron chi connectivity index (χ1n) is 5.59. The maximum atomic E-state index is 11.7. The van der Waals surface area contributed by atoms with Crippen LogP contribution in [0.2, 0.25) is 0 Å². The van der Waals surface area contributed by atoms with Gasteiger partial charge in [0.05, 0.1) is 6.42 Å². The molecule has 1 aliphatic rings. The van der Waals surface area contributed by atoms with E-state index in [0.717, 1.165) is 0 Å². The minimum atomic E-state index is -0.425. The van der Waals surface area contributed by atoms with Crippen molar-refractivity contribution in [1.29, 1.82) is 0 Å². The van der Waals surface area contributed by atoms with Crippen LogP contribution in [0.1, 0.15) is 13.3 Å². The maximum Gasteiger partial charge on any atom is 0.272 e. The van der Waals surface area contributed by atoms with E-state index in [2.05, 4.69) is 21.2 Å². The van der Waals surface area contributed by atoms with E-state index in [1.54, 1.807) is 24.3 Å². The first kappa shape index (κ1) is 12.7. The van der Waals surface area contributed by atoms with Gasteiger partial charge in [0.25, 0.3) is 5.91 Å². The lowest BCUT2D eigenvalue weighted by Gasteiger charge is -2.06. The second-order valence-electron chi connectivity index (χ2n) is 3.98. The molecule has 0 spiro atoms. The number of carbonyl (C=O) groups excluding carboxylic acids is 3. The molecule has 0 aromatic heterocycles. The van der Waals surface area contributed by atoms with Crippen molar-refractivity contribution >= 4 is 34.8 Å². The molecule has 0 bridgehead atoms. The Morgan fingerprint density at radius 1 is 1.16 bits per heavy atom. The van der Waals surface area contributed by atoms with Gasteiger partial charge in [0.15, 0.2) is 0 Å². The summed E-state index contributed by atoms with van der Waals surface area (Å²) in [5.41, 5.74) is 3.55. The minimum Gasteiger partial charge on any atom is -0.326 e. The Labute approximate surface area is 109 Å². The molecular weight excluding hydrogens is 248 g/mol. The minimum absolute atomic E-state index is 0.0180. The van der Waals surface area contributed by atoms with Crippen LogP contribution in [0.3, 0.4) is 0 Å². The fourth-order valence-electron chi connectivity index (χ4n) is 1.54. The zero-order valence-electron chi connectivity index (χ0n) is 10.2. The van der Waals surface area contributed by atoms with E-state index in [1.807, 2.05) is 0 Å². The lowest BCUT2D eigenvalue weighted by molar-refractivity contribution is -0.119. The monoisotopic (exact) mass is 260 g/mol. The molecular formula is C12H12N4O3. The van der Waals surface area contributed by atoms with E-state index in [9.17, 15) is 14.4 Å². The van der Waals surface area contributed by atoms with Gasteiger partial charge in [-0.3, -0.25) is 14.4 Å². The topological polar surface area (TPSA) is 99.7 Å². The van der Waals surface area contributed by atoms with Crippen LogP contribution in [0, 0.1) is 0 Å². The average Bonchev–Trinajstić information content (AvgIpc) is 2.78. The molecule has 0 atom stereocenters. The summed E-state index contributed by atoms with van der Waals surface area (Å²) in [7, 11) is 0. The summed E-state index contributed by atoms with van der Waals surface area (Å²) in [6.07, 6.45) is -0.0180. The third kappa shape index (κ3) is 3.38. The van der Waals surface area contributed by atoms with Crippen molar-refractivity contribution in [1.82, 2.24) is 5.43 Å². The zero-order chi connectivity index (χ0) is 13.8. The van der Waals surface area contributed by atoms with Gasteiger partial charge >= 0.3 is 0 Å². The van der Waals surface area contributed by atoms with Gasteiger partial charge in [0.2, 0.25) is 11.8 Å². The molecule has 1 aromatic rings. The fraction of sp³-hybridized carbons (Fsp3) is 0.167. The van der Waals surface area contributed by atoms with Crippen LogP contribution in [0.5, 0.6) is 0 Å². The molecule has 7 heteroatoms. The Morgan fingerprint density at radius 2 is 1.74 bits per heavy atom. The van der Waals surface area contributed by atoms with Crippen molar-refractivity contribution < 1.29 is 14.4 Å². The molecule has 19 heavy (non-hydrogen) atoms. The number of hydrogen-bond acceptors (Lipinski definition) is 4. The van der Waals surface area contributed by atoms with E-state index >= 15 is 0 Å². The molecule has 2 rings (SSSR count). The van der Waals surface area contributed by atoms with Crippen LogP contribution >= 0.6 is 0 Å². The number of carbonyl (C=O) groups is 3. The highest BCUT2D eigenvalue weighted by Crippen LogP contribution is 2.14. The highest BCUT2D eigenvalue weighted by molar-refractivity contribution is 6.46. The number of nitrogens with one attached hydrogen (secondary N) is 3. The Kier molecular flexibility index (Phi) is 3.56. The number of benzene rings is 1. The van der Waals surface area contributed by atoms with Crippen LogP contribution < -0.4 is 16.1 Å². The first-order valence-corrected chi connectivity index (χ1v) is 5.59. The van der Waals surface area contributed by atoms with Gasteiger partial charge < -0.3 is 10.6 Å². The van der Waals surface area contributed by atoms with Gasteiger partial charge in [-0.15, -0.1) is 0 Å². The summed E-state index contributed by atoms with van der Waals surface area (Å²) < 4.78 is 0. The SMILES string of the molecule is CC(=O)Nc1ccc(NC(=O)C2=NNC(=O)C2)cc1. The van der Waals surface area contributed by atoms with E-state index < -0.39 is 5.91 Å². The normalized spacial score (nSPS) is 13.5. The molecule has 1 aliphatic heterocycles. The molecule has 0 unspecified atom stereocenters. The second kappa shape index (κ2) is 5.30. The van der Waals surface area contributed by atoms with Crippen molar-refractivity contribution in [2.45, 2.75) is 13.3 Å². The molecule has 0 radical (unpaired) electrons. The van der Waals surface area contributed by atoms with E-state index in [4.69, 9.17) is 0 Å². The van der Waals surface area contributed by atoms with Crippen molar-refractivity contribution in [3.05, 3.63) is 24.3 Å². The van der Waals surface area contributed by atoms with Gasteiger partial charge in [0.1, 0.15) is 5.71 Å². The van der Waals surface area contributed by atoms with Gasteiger partial charge in [-0.1, -0.05) is 0 Å². The number of rotatable bonds is 3. The molecule has 3 N–H and O–H groups in total. The predicted octanol–water partition coefficient (Wildman–Crippen LogP) is 0.459. The van der Waals surface area contributed by atoms with Crippen molar-refractivity contribution in [2.75, 3.05) is 10.6 Å². The smallest absolute Gasteiger partial charge is 0.272 e. The summed E-state index contributed by atoms with van der Waals surface area (Å²) in [5.74, 6) is -0.890. The van der Waals surface area contributed by atoms with Gasteiger partial charge in [-0.25, -0.2) is 5.43 Å². The lowest BCUT2D eigenvalue weighted by atomic mass is 10.2. The van der Waals surface area contributed by atoms with Crippen LogP contribution in [-0.2, 0) is 14.4 Å². The van der Waals surface area contributed by atoms with Gasteiger partial charge in [-0.05, 0) is 24.3 Å². The average molecular weight is 260 g/mol. The summed E-state index contributed by atoms with van der Waals surface area (Å²) in [4.78, 5) is 33.5. The Hall–Kier alpha value is -2.70. The number of hydrogen-bond donors (Lipinski definition) is 3. The Bertz CT molecular complexity index is 563. The number of amides is 3. The number of anilines is 2. The molecule has 0 fully saturated rings. The Balaban J connectivity index is 1.98. The summed E-state index contributed by atoms with van der Waals surface area (Å²) in [6.45, 7) is 1.41. The molecule has 1 heterocycles. The van der Waals surface area contributed by atoms with E-state index in [-0.39, 0.29) is 23.9 Å². The quantitative estimate of drug-likeness (QED) is 0.736. The van der Waals surface area contributed by atoms with E-state index in [0.29, 0.717) is 11.4 Å². The van der Waals surface area contributed by atoms with Crippen molar-refractivity contribution in [3.8, 4) is 0 Å². The molecule has 7 nitrogen and oxygen atoms in total. The zero-order valence-corrected chi connectivity index (χ0v) is 10.2. The summed E-state index contributed by atoms with van der Waals surface area (Å²) in [5, 5.41) is 8.84. The molecule has 0 saturated heterocycles. The Morgan fingerprint density at radius 3 is 2.21 bits per heavy atom. The second-order valence-corrected chi connectivity index (χ2v) is 3.98. The van der Waals surface area contributed by atoms with Gasteiger partial charge in [-0.2, -0.15) is 5.10 Å². The van der Waals surface area contributed by atoms with E-state index in [1.165, 1.54) is 6.92 Å². The summed E-state index contributed by atoms with van der Waals surface area (Å²) >= 11 is 0. The third-order valence-corrected chi connectivity index (χ3v) is 2.37. The highest BCUT2D eigenvalue weighted by Gasteiger charge is 2.21. The maximum absolute atomic E-state index is 11.7. The van der Waals surface area contributed by atoms with Crippen molar-refractivity contribution in [3.63, 3.8) is 0 Å². The standard InChI is InChI=1S/C12H12N4O3/c1-7(17)13-8-2-4-9(5-3-8)14-12(19)10-6-11(18)16-15-10/h2-5H,6H2,1H3,(H,13,17)(H,14,19)(H,16,18). The van der Waals surface area contributed by atoms with Crippen LogP contribution in [0.15, 0.2) is 29.4 Å². The fourth-order valence-corrected chi connectivity index (χ4v) is 1.54. The molecule has 3 amide bonds. The molecule has 0 aliphatic carbocycles. The first-order chi connectivity index (χ1) is 9.04. The molecule has 98 valence electrons. The third-order valence-electron chi connectivity index (χ3n) is 2.37. The van der Waals surface area contributed by atoms with Crippen molar-refractivity contribution in [2.24, 2.45) is 5.10 Å². The highest BCUT2D eigenvalue weighted by atomic mass is 16.2. The van der Waals surface area contributed by atoms with Crippen LogP contribution in [-0.4, -0.2) is 23.4 Å². The van der Waals surface area contributed by atoms with Crippen LogP contribution in [0.25, 0.3) is 0 Å². The predicted molar refractivity (Wildman–Crippen MR) is 69.6 cm³/mol. The number of hydrazone groups is 1. The molecule has 0 saturated carbocycles. The summed E-state index contributed by atoms with van der Waals surface area (Å²) in [6, 6.07) is 6.62. The molecule has 1 aromatic carbocycles. The lowest BCUT2D eigenvalue weighted by Crippen LogP contribution is -2.22.